The Hall–Kier alpha value is -0.610. The van der Waals surface area contributed by atoms with Crippen LogP contribution in [0.1, 0.15) is 31.2 Å². The molecule has 0 bridgehead atoms. The molecule has 0 N–H and O–H groups in total. The fourth-order valence-corrected chi connectivity index (χ4v) is 1.55. The maximum absolute atomic E-state index is 5.55. The Bertz CT molecular complexity index is 289. The molecule has 0 radical (unpaired) electrons. The number of rotatable bonds is 2. The van der Waals surface area contributed by atoms with Crippen molar-refractivity contribution >= 4 is 11.6 Å². The molecule has 1 fully saturated rings. The standard InChI is InChI=1S/C8H11ClN2O2/c1-5-2-3-12-7(5)8-11-10-6(4-9)13-8/h5,7H,2-4H2,1H3. The van der Waals surface area contributed by atoms with E-state index in [0.29, 0.717) is 17.7 Å². The van der Waals surface area contributed by atoms with Crippen LogP contribution in [0.3, 0.4) is 0 Å². The highest BCUT2D eigenvalue weighted by Crippen LogP contribution is 2.33. The van der Waals surface area contributed by atoms with E-state index in [9.17, 15) is 0 Å². The Labute approximate surface area is 81.2 Å². The van der Waals surface area contributed by atoms with Crippen LogP contribution in [0.15, 0.2) is 4.42 Å². The molecule has 0 amide bonds. The average molecular weight is 203 g/mol. The predicted molar refractivity (Wildman–Crippen MR) is 46.3 cm³/mol. The van der Waals surface area contributed by atoms with E-state index in [1.54, 1.807) is 0 Å². The largest absolute Gasteiger partial charge is 0.421 e. The summed E-state index contributed by atoms with van der Waals surface area (Å²) < 4.78 is 10.8. The van der Waals surface area contributed by atoms with Gasteiger partial charge in [0.05, 0.1) is 0 Å². The number of aromatic nitrogens is 2. The second-order valence-electron chi connectivity index (χ2n) is 3.23. The highest BCUT2D eigenvalue weighted by atomic mass is 35.5. The molecule has 0 spiro atoms. The number of hydrogen-bond acceptors (Lipinski definition) is 4. The third-order valence-electron chi connectivity index (χ3n) is 2.23. The maximum Gasteiger partial charge on any atom is 0.245 e. The first-order valence-electron chi connectivity index (χ1n) is 4.31. The number of halogens is 1. The molecule has 0 saturated carbocycles. The van der Waals surface area contributed by atoms with Crippen LogP contribution in [0, 0.1) is 5.92 Å². The SMILES string of the molecule is CC1CCOC1c1nnc(CCl)o1. The van der Waals surface area contributed by atoms with Gasteiger partial charge in [0.2, 0.25) is 11.8 Å². The second kappa shape index (κ2) is 3.64. The van der Waals surface area contributed by atoms with Gasteiger partial charge in [0.1, 0.15) is 12.0 Å². The normalized spacial score (nSPS) is 28.2. The Morgan fingerprint density at radius 3 is 2.92 bits per heavy atom. The molecule has 5 heteroatoms. The van der Waals surface area contributed by atoms with Crippen LogP contribution in [0.5, 0.6) is 0 Å². The van der Waals surface area contributed by atoms with Crippen LogP contribution in [-0.2, 0) is 10.6 Å². The van der Waals surface area contributed by atoms with Crippen molar-refractivity contribution in [2.24, 2.45) is 5.92 Å². The van der Waals surface area contributed by atoms with Gasteiger partial charge in [-0.25, -0.2) is 0 Å². The third-order valence-corrected chi connectivity index (χ3v) is 2.46. The van der Waals surface area contributed by atoms with Crippen molar-refractivity contribution in [3.8, 4) is 0 Å². The predicted octanol–water partition coefficient (Wildman–Crippen LogP) is 1.91. The Kier molecular flexibility index (Phi) is 2.51. The van der Waals surface area contributed by atoms with Gasteiger partial charge in [0, 0.05) is 6.61 Å². The lowest BCUT2D eigenvalue weighted by atomic mass is 10.0. The van der Waals surface area contributed by atoms with E-state index < -0.39 is 0 Å². The highest BCUT2D eigenvalue weighted by molar-refractivity contribution is 6.16. The van der Waals surface area contributed by atoms with Crippen LogP contribution < -0.4 is 0 Å². The van der Waals surface area contributed by atoms with E-state index in [2.05, 4.69) is 17.1 Å². The van der Waals surface area contributed by atoms with Crippen LogP contribution in [0.2, 0.25) is 0 Å². The molecule has 0 aliphatic carbocycles. The van der Waals surface area contributed by atoms with E-state index in [1.807, 2.05) is 0 Å². The van der Waals surface area contributed by atoms with Crippen LogP contribution >= 0.6 is 11.6 Å². The minimum Gasteiger partial charge on any atom is -0.421 e. The van der Waals surface area contributed by atoms with Crippen molar-refractivity contribution in [2.45, 2.75) is 25.3 Å². The number of hydrogen-bond donors (Lipinski definition) is 0. The molecular weight excluding hydrogens is 192 g/mol. The van der Waals surface area contributed by atoms with Gasteiger partial charge in [-0.15, -0.1) is 21.8 Å². The second-order valence-corrected chi connectivity index (χ2v) is 3.49. The zero-order chi connectivity index (χ0) is 9.26. The van der Waals surface area contributed by atoms with Gasteiger partial charge >= 0.3 is 0 Å². The fraction of sp³-hybridized carbons (Fsp3) is 0.750. The van der Waals surface area contributed by atoms with Gasteiger partial charge in [0.25, 0.3) is 0 Å². The molecule has 2 rings (SSSR count). The molecule has 1 saturated heterocycles. The van der Waals surface area contributed by atoms with Crippen LogP contribution in [-0.4, -0.2) is 16.8 Å². The van der Waals surface area contributed by atoms with Gasteiger partial charge in [-0.05, 0) is 12.3 Å². The average Bonchev–Trinajstić information content (AvgIpc) is 2.71. The molecule has 13 heavy (non-hydrogen) atoms. The van der Waals surface area contributed by atoms with Crippen molar-refractivity contribution in [3.05, 3.63) is 11.8 Å². The Morgan fingerprint density at radius 2 is 2.38 bits per heavy atom. The minimum atomic E-state index is -0.0375. The minimum absolute atomic E-state index is 0.0375. The zero-order valence-corrected chi connectivity index (χ0v) is 8.12. The summed E-state index contributed by atoms with van der Waals surface area (Å²) in [7, 11) is 0. The van der Waals surface area contributed by atoms with E-state index in [1.165, 1.54) is 0 Å². The molecule has 2 heterocycles. The third kappa shape index (κ3) is 1.69. The summed E-state index contributed by atoms with van der Waals surface area (Å²) in [6, 6.07) is 0. The fourth-order valence-electron chi connectivity index (χ4n) is 1.45. The van der Waals surface area contributed by atoms with Crippen molar-refractivity contribution in [3.63, 3.8) is 0 Å². The van der Waals surface area contributed by atoms with Crippen LogP contribution in [0.25, 0.3) is 0 Å². The molecule has 4 nitrogen and oxygen atoms in total. The van der Waals surface area contributed by atoms with E-state index in [-0.39, 0.29) is 12.0 Å². The van der Waals surface area contributed by atoms with Gasteiger partial charge in [-0.2, -0.15) is 0 Å². The van der Waals surface area contributed by atoms with E-state index >= 15 is 0 Å². The summed E-state index contributed by atoms with van der Waals surface area (Å²) >= 11 is 5.55. The topological polar surface area (TPSA) is 48.2 Å². The highest BCUT2D eigenvalue weighted by Gasteiger charge is 2.30. The number of ether oxygens (including phenoxy) is 1. The Balaban J connectivity index is 2.15. The van der Waals surface area contributed by atoms with Crippen molar-refractivity contribution < 1.29 is 9.15 Å². The quantitative estimate of drug-likeness (QED) is 0.688. The summed E-state index contributed by atoms with van der Waals surface area (Å²) in [5, 5.41) is 7.68. The van der Waals surface area contributed by atoms with Crippen molar-refractivity contribution in [2.75, 3.05) is 6.61 Å². The summed E-state index contributed by atoms with van der Waals surface area (Å²) in [5.41, 5.74) is 0. The summed E-state index contributed by atoms with van der Waals surface area (Å²) in [6.45, 7) is 2.88. The lowest BCUT2D eigenvalue weighted by molar-refractivity contribution is 0.0707. The molecule has 0 aromatic carbocycles. The zero-order valence-electron chi connectivity index (χ0n) is 7.36. The monoisotopic (exact) mass is 202 g/mol. The summed E-state index contributed by atoms with van der Waals surface area (Å²) in [6.07, 6.45) is 1.01. The first-order valence-corrected chi connectivity index (χ1v) is 4.84. The van der Waals surface area contributed by atoms with Gasteiger partial charge in [0.15, 0.2) is 0 Å². The molecule has 1 aromatic rings. The first kappa shape index (κ1) is 8.97. The summed E-state index contributed by atoms with van der Waals surface area (Å²) in [4.78, 5) is 0. The lowest BCUT2D eigenvalue weighted by Crippen LogP contribution is -2.03. The van der Waals surface area contributed by atoms with Gasteiger partial charge in [-0.1, -0.05) is 6.92 Å². The van der Waals surface area contributed by atoms with E-state index in [4.69, 9.17) is 20.8 Å². The molecule has 72 valence electrons. The van der Waals surface area contributed by atoms with Gasteiger partial charge < -0.3 is 9.15 Å². The maximum atomic E-state index is 5.55. The van der Waals surface area contributed by atoms with Gasteiger partial charge in [-0.3, -0.25) is 0 Å². The molecule has 2 atom stereocenters. The lowest BCUT2D eigenvalue weighted by Gasteiger charge is -2.08. The number of alkyl halides is 1. The number of nitrogens with zero attached hydrogens (tertiary/aromatic N) is 2. The molecule has 1 aromatic heterocycles. The molecule has 2 unspecified atom stereocenters. The van der Waals surface area contributed by atoms with Crippen molar-refractivity contribution in [1.29, 1.82) is 0 Å². The van der Waals surface area contributed by atoms with Crippen molar-refractivity contribution in [1.82, 2.24) is 10.2 Å². The first-order chi connectivity index (χ1) is 6.31. The Morgan fingerprint density at radius 1 is 1.54 bits per heavy atom. The summed E-state index contributed by atoms with van der Waals surface area (Å²) in [5.74, 6) is 1.72. The smallest absolute Gasteiger partial charge is 0.245 e. The van der Waals surface area contributed by atoms with Crippen LogP contribution in [0.4, 0.5) is 0 Å². The molecular formula is C8H11ClN2O2. The van der Waals surface area contributed by atoms with E-state index in [0.717, 1.165) is 13.0 Å². The molecule has 1 aliphatic rings. The molecule has 1 aliphatic heterocycles.